The number of nitrogens with zero attached hydrogens (tertiary/aromatic N) is 1. The van der Waals surface area contributed by atoms with E-state index in [2.05, 4.69) is 4.98 Å². The minimum Gasteiger partial charge on any atom is -0.384 e. The summed E-state index contributed by atoms with van der Waals surface area (Å²) in [7, 11) is 0. The van der Waals surface area contributed by atoms with E-state index in [4.69, 9.17) is 11.6 Å². The number of hydrogen-bond acceptors (Lipinski definition) is 2. The van der Waals surface area contributed by atoms with Crippen LogP contribution in [0.15, 0.2) is 60.9 Å². The largest absolute Gasteiger partial charge is 0.384 e. The van der Waals surface area contributed by atoms with E-state index in [0.717, 1.165) is 21.9 Å². The molecule has 1 atom stereocenters. The molecule has 0 saturated carbocycles. The van der Waals surface area contributed by atoms with Gasteiger partial charge >= 0.3 is 0 Å². The molecule has 0 fully saturated rings. The normalized spacial score (nSPS) is 12.5. The van der Waals surface area contributed by atoms with E-state index >= 15 is 0 Å². The Bertz CT molecular complexity index is 721. The summed E-state index contributed by atoms with van der Waals surface area (Å²) in [6.07, 6.45) is 2.82. The van der Waals surface area contributed by atoms with Gasteiger partial charge in [0.1, 0.15) is 6.10 Å². The fourth-order valence-corrected chi connectivity index (χ4v) is 2.43. The standard InChI is InChI=1S/C16H12ClNO/c17-13-5-1-4-12(9-13)16(19)14-6-2-3-11-7-8-18-10-15(11)14/h1-10,16,19H. The van der Waals surface area contributed by atoms with E-state index in [9.17, 15) is 5.11 Å². The Hall–Kier alpha value is -1.90. The molecule has 0 spiro atoms. The summed E-state index contributed by atoms with van der Waals surface area (Å²) in [5.74, 6) is 0. The number of benzene rings is 2. The van der Waals surface area contributed by atoms with Crippen molar-refractivity contribution in [3.05, 3.63) is 77.1 Å². The Morgan fingerprint density at radius 1 is 1.05 bits per heavy atom. The number of pyridine rings is 1. The topological polar surface area (TPSA) is 33.1 Å². The van der Waals surface area contributed by atoms with E-state index < -0.39 is 6.10 Å². The van der Waals surface area contributed by atoms with Gasteiger partial charge in [0.15, 0.2) is 0 Å². The number of halogens is 1. The lowest BCUT2D eigenvalue weighted by molar-refractivity contribution is 0.222. The Morgan fingerprint density at radius 2 is 1.89 bits per heavy atom. The van der Waals surface area contributed by atoms with Crippen molar-refractivity contribution < 1.29 is 5.11 Å². The molecule has 0 bridgehead atoms. The molecule has 0 aliphatic heterocycles. The highest BCUT2D eigenvalue weighted by Gasteiger charge is 2.13. The molecule has 3 heteroatoms. The molecule has 2 nitrogen and oxygen atoms in total. The van der Waals surface area contributed by atoms with Crippen molar-refractivity contribution in [2.24, 2.45) is 0 Å². The molecule has 19 heavy (non-hydrogen) atoms. The van der Waals surface area contributed by atoms with E-state index in [1.165, 1.54) is 0 Å². The number of hydrogen-bond donors (Lipinski definition) is 1. The minimum atomic E-state index is -0.702. The molecule has 94 valence electrons. The van der Waals surface area contributed by atoms with Crippen LogP contribution < -0.4 is 0 Å². The van der Waals surface area contributed by atoms with E-state index in [0.29, 0.717) is 5.02 Å². The van der Waals surface area contributed by atoms with Crippen LogP contribution in [-0.2, 0) is 0 Å². The first-order chi connectivity index (χ1) is 9.25. The maximum absolute atomic E-state index is 10.5. The van der Waals surface area contributed by atoms with Crippen LogP contribution >= 0.6 is 11.6 Å². The van der Waals surface area contributed by atoms with Crippen molar-refractivity contribution in [1.82, 2.24) is 4.98 Å². The van der Waals surface area contributed by atoms with Crippen molar-refractivity contribution >= 4 is 22.4 Å². The molecule has 0 aliphatic carbocycles. The predicted octanol–water partition coefficient (Wildman–Crippen LogP) is 3.97. The van der Waals surface area contributed by atoms with Gasteiger partial charge in [-0.15, -0.1) is 0 Å². The van der Waals surface area contributed by atoms with Gasteiger partial charge in [0.25, 0.3) is 0 Å². The first kappa shape index (κ1) is 12.2. The smallest absolute Gasteiger partial charge is 0.105 e. The van der Waals surface area contributed by atoms with Crippen LogP contribution in [-0.4, -0.2) is 10.1 Å². The van der Waals surface area contributed by atoms with Crippen LogP contribution in [0.4, 0.5) is 0 Å². The molecule has 0 saturated heterocycles. The monoisotopic (exact) mass is 269 g/mol. The molecule has 0 aliphatic rings. The summed E-state index contributed by atoms with van der Waals surface area (Å²) in [4.78, 5) is 4.13. The van der Waals surface area contributed by atoms with Crippen molar-refractivity contribution in [3.8, 4) is 0 Å². The Kier molecular flexibility index (Phi) is 3.20. The maximum Gasteiger partial charge on any atom is 0.105 e. The van der Waals surface area contributed by atoms with Gasteiger partial charge in [-0.25, -0.2) is 0 Å². The highest BCUT2D eigenvalue weighted by atomic mass is 35.5. The number of aliphatic hydroxyl groups is 1. The van der Waals surface area contributed by atoms with Gasteiger partial charge in [0.05, 0.1) is 0 Å². The zero-order valence-corrected chi connectivity index (χ0v) is 10.9. The van der Waals surface area contributed by atoms with E-state index in [1.807, 2.05) is 36.4 Å². The second-order valence-corrected chi connectivity index (χ2v) is 4.84. The van der Waals surface area contributed by atoms with E-state index in [1.54, 1.807) is 24.5 Å². The van der Waals surface area contributed by atoms with Gasteiger partial charge in [-0.3, -0.25) is 4.98 Å². The van der Waals surface area contributed by atoms with Crippen LogP contribution in [0.3, 0.4) is 0 Å². The van der Waals surface area contributed by atoms with Crippen LogP contribution in [0.5, 0.6) is 0 Å². The van der Waals surface area contributed by atoms with Crippen molar-refractivity contribution in [2.75, 3.05) is 0 Å². The third kappa shape index (κ3) is 2.33. The quantitative estimate of drug-likeness (QED) is 0.764. The molecule has 1 aromatic heterocycles. The first-order valence-corrected chi connectivity index (χ1v) is 6.39. The van der Waals surface area contributed by atoms with Gasteiger partial charge < -0.3 is 5.11 Å². The summed E-state index contributed by atoms with van der Waals surface area (Å²) in [6.45, 7) is 0. The number of aliphatic hydroxyl groups excluding tert-OH is 1. The lowest BCUT2D eigenvalue weighted by Gasteiger charge is -2.14. The third-order valence-electron chi connectivity index (χ3n) is 3.18. The molecule has 2 aromatic carbocycles. The molecule has 3 rings (SSSR count). The maximum atomic E-state index is 10.5. The molecular formula is C16H12ClNO. The van der Waals surface area contributed by atoms with Gasteiger partial charge in [-0.1, -0.05) is 41.9 Å². The van der Waals surface area contributed by atoms with Gasteiger partial charge in [-0.05, 0) is 34.7 Å². The SMILES string of the molecule is OC(c1cccc(Cl)c1)c1cccc2ccncc12. The molecule has 0 radical (unpaired) electrons. The highest BCUT2D eigenvalue weighted by Crippen LogP contribution is 2.29. The van der Waals surface area contributed by atoms with E-state index in [-0.39, 0.29) is 0 Å². The average molecular weight is 270 g/mol. The fourth-order valence-electron chi connectivity index (χ4n) is 2.23. The summed E-state index contributed by atoms with van der Waals surface area (Å²) in [6, 6.07) is 15.1. The van der Waals surface area contributed by atoms with Crippen molar-refractivity contribution in [3.63, 3.8) is 0 Å². The Labute approximate surface area is 116 Å². The summed E-state index contributed by atoms with van der Waals surface area (Å²) in [5, 5.41) is 13.2. The second kappa shape index (κ2) is 5.00. The van der Waals surface area contributed by atoms with Crippen molar-refractivity contribution in [1.29, 1.82) is 0 Å². The Balaban J connectivity index is 2.14. The molecule has 0 amide bonds. The number of fused-ring (bicyclic) bond motifs is 1. The number of aromatic nitrogens is 1. The summed E-state index contributed by atoms with van der Waals surface area (Å²) < 4.78 is 0. The van der Waals surface area contributed by atoms with Crippen LogP contribution in [0.1, 0.15) is 17.2 Å². The third-order valence-corrected chi connectivity index (χ3v) is 3.41. The van der Waals surface area contributed by atoms with Crippen LogP contribution in [0, 0.1) is 0 Å². The zero-order chi connectivity index (χ0) is 13.2. The van der Waals surface area contributed by atoms with Gasteiger partial charge in [0, 0.05) is 22.8 Å². The fraction of sp³-hybridized carbons (Fsp3) is 0.0625. The molecule has 1 unspecified atom stereocenters. The molecule has 1 heterocycles. The predicted molar refractivity (Wildman–Crippen MR) is 77.3 cm³/mol. The summed E-state index contributed by atoms with van der Waals surface area (Å²) in [5.41, 5.74) is 1.62. The number of rotatable bonds is 2. The minimum absolute atomic E-state index is 0.620. The lowest BCUT2D eigenvalue weighted by Crippen LogP contribution is -2.00. The average Bonchev–Trinajstić information content (AvgIpc) is 2.46. The van der Waals surface area contributed by atoms with Crippen LogP contribution in [0.25, 0.3) is 10.8 Å². The van der Waals surface area contributed by atoms with Gasteiger partial charge in [-0.2, -0.15) is 0 Å². The summed E-state index contributed by atoms with van der Waals surface area (Å²) >= 11 is 5.97. The van der Waals surface area contributed by atoms with Crippen LogP contribution in [0.2, 0.25) is 5.02 Å². The second-order valence-electron chi connectivity index (χ2n) is 4.40. The highest BCUT2D eigenvalue weighted by molar-refractivity contribution is 6.30. The molecular weight excluding hydrogens is 258 g/mol. The molecule has 1 N–H and O–H groups in total. The van der Waals surface area contributed by atoms with Gasteiger partial charge in [0.2, 0.25) is 0 Å². The lowest BCUT2D eigenvalue weighted by atomic mass is 9.97. The Morgan fingerprint density at radius 3 is 2.74 bits per heavy atom. The first-order valence-electron chi connectivity index (χ1n) is 6.02. The van der Waals surface area contributed by atoms with Crippen molar-refractivity contribution in [2.45, 2.75) is 6.10 Å². The molecule has 3 aromatic rings. The zero-order valence-electron chi connectivity index (χ0n) is 10.1.